The number of ketones is 1. The number of Topliss-reactive ketones (excluding diaryl/α,β-unsaturated/α-hetero) is 1. The van der Waals surface area contributed by atoms with Crippen LogP contribution in [0.15, 0.2) is 51.2 Å². The molecule has 0 aromatic rings. The fourth-order valence-corrected chi connectivity index (χ4v) is 1.80. The van der Waals surface area contributed by atoms with Gasteiger partial charge in [-0.15, -0.1) is 5.73 Å². The van der Waals surface area contributed by atoms with E-state index in [1.54, 1.807) is 6.92 Å². The summed E-state index contributed by atoms with van der Waals surface area (Å²) < 4.78 is 0.961. The largest absolute Gasteiger partial charge is 0.295 e. The first kappa shape index (κ1) is 12.0. The number of carbonyl (C=O) groups is 1. The van der Waals surface area contributed by atoms with Crippen LogP contribution in [0.4, 0.5) is 0 Å². The van der Waals surface area contributed by atoms with Crippen LogP contribution in [0.25, 0.3) is 0 Å². The lowest BCUT2D eigenvalue weighted by atomic mass is 9.96. The Bertz CT molecular complexity index is 441. The summed E-state index contributed by atoms with van der Waals surface area (Å²) in [5.41, 5.74) is 5.77. The van der Waals surface area contributed by atoms with E-state index in [4.69, 9.17) is 0 Å². The number of rotatable bonds is 2. The average molecular weight is 265 g/mol. The predicted molar refractivity (Wildman–Crippen MR) is 66.8 cm³/mol. The van der Waals surface area contributed by atoms with Gasteiger partial charge >= 0.3 is 0 Å². The van der Waals surface area contributed by atoms with Gasteiger partial charge in [0.15, 0.2) is 5.78 Å². The lowest BCUT2D eigenvalue weighted by Gasteiger charge is -2.09. The average Bonchev–Trinajstić information content (AvgIpc) is 2.34. The van der Waals surface area contributed by atoms with Crippen molar-refractivity contribution >= 4 is 21.7 Å². The maximum atomic E-state index is 11.4. The molecule has 1 aliphatic rings. The van der Waals surface area contributed by atoms with Crippen molar-refractivity contribution in [1.82, 2.24) is 0 Å². The van der Waals surface area contributed by atoms with E-state index in [2.05, 4.69) is 21.7 Å². The topological polar surface area (TPSA) is 17.1 Å². The van der Waals surface area contributed by atoms with Gasteiger partial charge in [-0.05, 0) is 66.1 Å². The van der Waals surface area contributed by atoms with E-state index in [1.165, 1.54) is 0 Å². The summed E-state index contributed by atoms with van der Waals surface area (Å²) >= 11 is 3.45. The molecule has 0 saturated heterocycles. The number of hydrogen-bond acceptors (Lipinski definition) is 1. The summed E-state index contributed by atoms with van der Waals surface area (Å²) in [7, 11) is 0. The zero-order valence-electron chi connectivity index (χ0n) is 9.10. The Morgan fingerprint density at radius 3 is 2.73 bits per heavy atom. The van der Waals surface area contributed by atoms with E-state index in [0.717, 1.165) is 21.2 Å². The molecule has 78 valence electrons. The van der Waals surface area contributed by atoms with Crippen molar-refractivity contribution in [2.75, 3.05) is 0 Å². The Balaban J connectivity index is 3.29. The van der Waals surface area contributed by atoms with Crippen LogP contribution >= 0.6 is 15.9 Å². The first-order valence-electron chi connectivity index (χ1n) is 4.75. The fourth-order valence-electron chi connectivity index (χ4n) is 1.45. The molecule has 0 atom stereocenters. The highest BCUT2D eigenvalue weighted by Gasteiger charge is 2.13. The summed E-state index contributed by atoms with van der Waals surface area (Å²) in [5, 5.41) is 0. The van der Waals surface area contributed by atoms with E-state index in [-0.39, 0.29) is 5.78 Å². The van der Waals surface area contributed by atoms with Gasteiger partial charge in [0.1, 0.15) is 0 Å². The minimum absolute atomic E-state index is 0.0821. The summed E-state index contributed by atoms with van der Waals surface area (Å²) in [4.78, 5) is 11.4. The maximum absolute atomic E-state index is 11.4. The number of allylic oxidation sites excluding steroid dienone is 7. The van der Waals surface area contributed by atoms with Crippen LogP contribution in [0.5, 0.6) is 0 Å². The Kier molecular flexibility index (Phi) is 4.07. The van der Waals surface area contributed by atoms with Crippen LogP contribution in [-0.2, 0) is 4.79 Å². The van der Waals surface area contributed by atoms with Crippen LogP contribution in [0, 0.1) is 0 Å². The van der Waals surface area contributed by atoms with Crippen molar-refractivity contribution in [3.8, 4) is 0 Å². The monoisotopic (exact) mass is 264 g/mol. The molecule has 0 amide bonds. The number of halogens is 1. The van der Waals surface area contributed by atoms with Gasteiger partial charge in [0.2, 0.25) is 0 Å². The van der Waals surface area contributed by atoms with Crippen molar-refractivity contribution in [2.24, 2.45) is 0 Å². The van der Waals surface area contributed by atoms with Crippen molar-refractivity contribution in [3.63, 3.8) is 0 Å². The minimum atomic E-state index is 0.0821. The van der Waals surface area contributed by atoms with Crippen LogP contribution in [0.2, 0.25) is 0 Å². The predicted octanol–water partition coefficient (Wildman–Crippen LogP) is 3.84. The third-order valence-corrected chi connectivity index (χ3v) is 3.10. The molecule has 0 fully saturated rings. The van der Waals surface area contributed by atoms with Crippen molar-refractivity contribution in [2.45, 2.75) is 20.8 Å². The molecule has 1 nitrogen and oxygen atoms in total. The summed E-state index contributed by atoms with van der Waals surface area (Å²) in [5.74, 6) is 0.0821. The molecule has 0 heterocycles. The van der Waals surface area contributed by atoms with Crippen LogP contribution in [0.1, 0.15) is 20.8 Å². The van der Waals surface area contributed by atoms with Gasteiger partial charge in [-0.25, -0.2) is 0 Å². The zero-order valence-corrected chi connectivity index (χ0v) is 10.7. The van der Waals surface area contributed by atoms with Gasteiger partial charge < -0.3 is 0 Å². The highest BCUT2D eigenvalue weighted by atomic mass is 79.9. The molecular formula is C13H13BrO. The van der Waals surface area contributed by atoms with Gasteiger partial charge in [-0.1, -0.05) is 6.08 Å². The van der Waals surface area contributed by atoms with Crippen LogP contribution in [0.3, 0.4) is 0 Å². The molecule has 1 aliphatic carbocycles. The third-order valence-electron chi connectivity index (χ3n) is 2.28. The standard InChI is InChI=1S/C13H13BrO/c1-4-11(10(3)15)12-7-5-6-8-13(14)9(12)2/h4-5,7-8H,1-3H3/b11-4-. The summed E-state index contributed by atoms with van der Waals surface area (Å²) in [6, 6.07) is 0. The first-order chi connectivity index (χ1) is 7.07. The van der Waals surface area contributed by atoms with Crippen LogP contribution < -0.4 is 0 Å². The molecule has 15 heavy (non-hydrogen) atoms. The molecule has 0 spiro atoms. The van der Waals surface area contributed by atoms with Crippen molar-refractivity contribution in [3.05, 3.63) is 51.2 Å². The highest BCUT2D eigenvalue weighted by molar-refractivity contribution is 9.11. The van der Waals surface area contributed by atoms with Gasteiger partial charge in [0.05, 0.1) is 0 Å². The zero-order chi connectivity index (χ0) is 11.4. The molecule has 0 aromatic heterocycles. The normalized spacial score (nSPS) is 16.5. The van der Waals surface area contributed by atoms with E-state index >= 15 is 0 Å². The Labute approximate surface area is 98.7 Å². The van der Waals surface area contributed by atoms with Gasteiger partial charge in [0.25, 0.3) is 0 Å². The van der Waals surface area contributed by atoms with Crippen molar-refractivity contribution < 1.29 is 4.79 Å². The molecule has 2 heteroatoms. The number of hydrogen-bond donors (Lipinski definition) is 0. The molecule has 0 saturated carbocycles. The first-order valence-corrected chi connectivity index (χ1v) is 5.54. The van der Waals surface area contributed by atoms with E-state index in [1.807, 2.05) is 38.2 Å². The summed E-state index contributed by atoms with van der Waals surface area (Å²) in [6.45, 7) is 5.44. The Morgan fingerprint density at radius 2 is 2.20 bits per heavy atom. The minimum Gasteiger partial charge on any atom is -0.295 e. The molecule has 1 rings (SSSR count). The third kappa shape index (κ3) is 2.68. The molecule has 0 aliphatic heterocycles. The highest BCUT2D eigenvalue weighted by Crippen LogP contribution is 2.27. The van der Waals surface area contributed by atoms with Crippen molar-refractivity contribution in [1.29, 1.82) is 0 Å². The number of carbonyl (C=O) groups excluding carboxylic acids is 1. The summed E-state index contributed by atoms with van der Waals surface area (Å²) in [6.07, 6.45) is 7.43. The van der Waals surface area contributed by atoms with E-state index in [0.29, 0.717) is 0 Å². The van der Waals surface area contributed by atoms with Gasteiger partial charge in [-0.2, -0.15) is 0 Å². The Morgan fingerprint density at radius 1 is 1.53 bits per heavy atom. The second-order valence-electron chi connectivity index (χ2n) is 3.29. The molecule has 0 unspecified atom stereocenters. The second-order valence-corrected chi connectivity index (χ2v) is 4.14. The SMILES string of the molecule is C/C=C(/C(C)=O)C1=CC=C=CC(Br)=C1C. The second kappa shape index (κ2) is 5.11. The Hall–Kier alpha value is -1.11. The van der Waals surface area contributed by atoms with Gasteiger partial charge in [0, 0.05) is 10.1 Å². The molecule has 0 aromatic carbocycles. The molecule has 0 N–H and O–H groups in total. The maximum Gasteiger partial charge on any atom is 0.160 e. The molecule has 0 radical (unpaired) electrons. The fraction of sp³-hybridized carbons (Fsp3) is 0.231. The quantitative estimate of drug-likeness (QED) is 0.547. The van der Waals surface area contributed by atoms with E-state index < -0.39 is 0 Å². The smallest absolute Gasteiger partial charge is 0.160 e. The van der Waals surface area contributed by atoms with E-state index in [9.17, 15) is 4.79 Å². The molecule has 0 bridgehead atoms. The lowest BCUT2D eigenvalue weighted by Crippen LogP contribution is -2.01. The van der Waals surface area contributed by atoms with Gasteiger partial charge in [-0.3, -0.25) is 4.79 Å². The molecular weight excluding hydrogens is 252 g/mol. The lowest BCUT2D eigenvalue weighted by molar-refractivity contribution is -0.113. The van der Waals surface area contributed by atoms with Crippen LogP contribution in [-0.4, -0.2) is 5.78 Å².